The molecule has 1 fully saturated rings. The van der Waals surface area contributed by atoms with Crippen LogP contribution in [0.3, 0.4) is 0 Å². The van der Waals surface area contributed by atoms with Crippen LogP contribution in [0.5, 0.6) is 0 Å². The maximum absolute atomic E-state index is 13.4. The van der Waals surface area contributed by atoms with Gasteiger partial charge in [0.2, 0.25) is 6.43 Å². The van der Waals surface area contributed by atoms with Gasteiger partial charge in [-0.2, -0.15) is 30.7 Å². The van der Waals surface area contributed by atoms with Crippen LogP contribution < -0.4 is 0 Å². The first kappa shape index (κ1) is 19.9. The Morgan fingerprint density at radius 1 is 1.08 bits per heavy atom. The molecule has 0 aromatic carbocycles. The average molecular weight is 384 g/mol. The largest absolute Gasteiger partial charge is 0.458 e. The van der Waals surface area contributed by atoms with E-state index in [1.807, 2.05) is 0 Å². The van der Waals surface area contributed by atoms with E-state index < -0.39 is 67.1 Å². The summed E-state index contributed by atoms with van der Waals surface area (Å²) in [5.74, 6) is -14.5. The van der Waals surface area contributed by atoms with Crippen LogP contribution in [0.25, 0.3) is 0 Å². The minimum atomic E-state index is -5.23. The van der Waals surface area contributed by atoms with Crippen molar-refractivity contribution < 1.29 is 49.0 Å². The summed E-state index contributed by atoms with van der Waals surface area (Å²) in [6.45, 7) is -2.41. The molecule has 25 heavy (non-hydrogen) atoms. The number of hydrogen-bond donors (Lipinski definition) is 0. The summed E-state index contributed by atoms with van der Waals surface area (Å²) < 4.78 is 121. The highest BCUT2D eigenvalue weighted by Gasteiger charge is 2.70. The molecule has 0 aromatic heterocycles. The summed E-state index contributed by atoms with van der Waals surface area (Å²) in [4.78, 5) is 11.9. The zero-order valence-electron chi connectivity index (χ0n) is 12.4. The first-order valence-corrected chi connectivity index (χ1v) is 7.19. The third-order valence-electron chi connectivity index (χ3n) is 4.59. The first-order chi connectivity index (χ1) is 11.2. The molecule has 0 radical (unpaired) electrons. The average Bonchev–Trinajstić information content (AvgIpc) is 3.03. The molecular formula is C14H13F9O2. The minimum absolute atomic E-state index is 0.0352. The van der Waals surface area contributed by atoms with Gasteiger partial charge in [0.15, 0.2) is 12.0 Å². The van der Waals surface area contributed by atoms with Crippen molar-refractivity contribution in [1.29, 1.82) is 0 Å². The number of ether oxygens (including phenoxy) is 1. The fraction of sp³-hybridized carbons (Fsp3) is 0.786. The van der Waals surface area contributed by atoms with Crippen LogP contribution in [-0.2, 0) is 9.53 Å². The molecule has 0 aliphatic heterocycles. The molecule has 144 valence electrons. The fourth-order valence-corrected chi connectivity index (χ4v) is 3.27. The van der Waals surface area contributed by atoms with Crippen molar-refractivity contribution in [2.45, 2.75) is 43.7 Å². The quantitative estimate of drug-likeness (QED) is 0.380. The molecule has 0 heterocycles. The molecule has 0 spiro atoms. The molecule has 0 amide bonds. The summed E-state index contributed by atoms with van der Waals surface area (Å²) in [6.07, 6.45) is -9.60. The molecule has 0 saturated heterocycles. The fourth-order valence-electron chi connectivity index (χ4n) is 3.27. The molecule has 11 heteroatoms. The van der Waals surface area contributed by atoms with Crippen LogP contribution in [0, 0.1) is 17.3 Å². The Balaban J connectivity index is 2.14. The predicted octanol–water partition coefficient (Wildman–Crippen LogP) is 4.60. The van der Waals surface area contributed by atoms with E-state index in [4.69, 9.17) is 0 Å². The van der Waals surface area contributed by atoms with E-state index in [-0.39, 0.29) is 6.42 Å². The van der Waals surface area contributed by atoms with E-state index in [0.29, 0.717) is 0 Å². The Labute approximate surface area is 136 Å². The lowest BCUT2D eigenvalue weighted by molar-refractivity contribution is -0.262. The van der Waals surface area contributed by atoms with Crippen LogP contribution in [0.15, 0.2) is 12.2 Å². The SMILES string of the molecule is O=C(OCC(F)(F)C(F)(F)CC(F)F)C1(C(F)(F)F)CC2C=CC1C2. The lowest BCUT2D eigenvalue weighted by Crippen LogP contribution is -2.51. The Morgan fingerprint density at radius 2 is 1.68 bits per heavy atom. The zero-order chi connectivity index (χ0) is 19.3. The third-order valence-corrected chi connectivity index (χ3v) is 4.59. The van der Waals surface area contributed by atoms with Gasteiger partial charge in [-0.3, -0.25) is 4.79 Å². The van der Waals surface area contributed by atoms with E-state index in [1.54, 1.807) is 0 Å². The second-order valence-corrected chi connectivity index (χ2v) is 6.24. The van der Waals surface area contributed by atoms with Crippen molar-refractivity contribution in [1.82, 2.24) is 0 Å². The molecule has 2 rings (SSSR count). The van der Waals surface area contributed by atoms with E-state index in [9.17, 15) is 44.3 Å². The summed E-state index contributed by atoms with van der Waals surface area (Å²) in [5, 5.41) is 0. The molecule has 2 aliphatic rings. The molecular weight excluding hydrogens is 371 g/mol. The van der Waals surface area contributed by atoms with Crippen molar-refractivity contribution in [2.75, 3.05) is 6.61 Å². The Morgan fingerprint density at radius 3 is 2.08 bits per heavy atom. The van der Waals surface area contributed by atoms with Gasteiger partial charge in [-0.15, -0.1) is 0 Å². The summed E-state index contributed by atoms with van der Waals surface area (Å²) in [6, 6.07) is 0. The van der Waals surface area contributed by atoms with Gasteiger partial charge in [0.1, 0.15) is 0 Å². The molecule has 2 nitrogen and oxygen atoms in total. The maximum atomic E-state index is 13.4. The van der Waals surface area contributed by atoms with Gasteiger partial charge in [-0.1, -0.05) is 12.2 Å². The smallest absolute Gasteiger partial charge is 0.405 e. The topological polar surface area (TPSA) is 26.3 Å². The summed E-state index contributed by atoms with van der Waals surface area (Å²) in [5.41, 5.74) is -3.08. The van der Waals surface area contributed by atoms with Crippen LogP contribution in [0.1, 0.15) is 19.3 Å². The number of halogens is 9. The molecule has 3 atom stereocenters. The molecule has 1 saturated carbocycles. The van der Waals surface area contributed by atoms with Crippen molar-refractivity contribution >= 4 is 5.97 Å². The number of esters is 1. The van der Waals surface area contributed by atoms with Gasteiger partial charge < -0.3 is 4.74 Å². The van der Waals surface area contributed by atoms with E-state index in [0.717, 1.165) is 6.08 Å². The highest BCUT2D eigenvalue weighted by molar-refractivity contribution is 5.80. The van der Waals surface area contributed by atoms with E-state index >= 15 is 0 Å². The Bertz CT molecular complexity index is 555. The van der Waals surface area contributed by atoms with Gasteiger partial charge in [-0.25, -0.2) is 8.78 Å². The molecule has 2 bridgehead atoms. The standard InChI is InChI=1S/C14H13F9O2/c15-9(16)5-12(17,18)13(19,20)6-25-10(24)11(14(21,22)23)4-7-1-2-8(11)3-7/h1-2,7-9H,3-6H2. The highest BCUT2D eigenvalue weighted by Crippen LogP contribution is 2.60. The van der Waals surface area contributed by atoms with E-state index in [2.05, 4.69) is 4.74 Å². The number of alkyl halides is 9. The normalized spacial score (nSPS) is 29.5. The number of carbonyl (C=O) groups is 1. The molecule has 0 aromatic rings. The van der Waals surface area contributed by atoms with Gasteiger partial charge in [0.25, 0.3) is 0 Å². The maximum Gasteiger partial charge on any atom is 0.405 e. The lowest BCUT2D eigenvalue weighted by Gasteiger charge is -2.35. The van der Waals surface area contributed by atoms with Crippen LogP contribution in [0.2, 0.25) is 0 Å². The van der Waals surface area contributed by atoms with Crippen LogP contribution in [-0.4, -0.2) is 37.0 Å². The zero-order valence-corrected chi connectivity index (χ0v) is 12.4. The second-order valence-electron chi connectivity index (χ2n) is 6.24. The van der Waals surface area contributed by atoms with Gasteiger partial charge in [0, 0.05) is 5.92 Å². The van der Waals surface area contributed by atoms with Gasteiger partial charge >= 0.3 is 24.0 Å². The van der Waals surface area contributed by atoms with Crippen molar-refractivity contribution in [2.24, 2.45) is 17.3 Å². The molecule has 0 N–H and O–H groups in total. The summed E-state index contributed by atoms with van der Waals surface area (Å²) >= 11 is 0. The lowest BCUT2D eigenvalue weighted by atomic mass is 9.75. The van der Waals surface area contributed by atoms with Crippen LogP contribution >= 0.6 is 0 Å². The summed E-state index contributed by atoms with van der Waals surface area (Å²) in [7, 11) is 0. The van der Waals surface area contributed by atoms with Crippen molar-refractivity contribution in [3.63, 3.8) is 0 Å². The number of rotatable bonds is 6. The number of fused-ring (bicyclic) bond motifs is 2. The van der Waals surface area contributed by atoms with Gasteiger partial charge in [0.05, 0.1) is 6.42 Å². The third kappa shape index (κ3) is 3.33. The number of carbonyl (C=O) groups excluding carboxylic acids is 1. The number of hydrogen-bond acceptors (Lipinski definition) is 2. The minimum Gasteiger partial charge on any atom is -0.458 e. The van der Waals surface area contributed by atoms with Crippen molar-refractivity contribution in [3.8, 4) is 0 Å². The monoisotopic (exact) mass is 384 g/mol. The Hall–Kier alpha value is -1.42. The van der Waals surface area contributed by atoms with Gasteiger partial charge in [-0.05, 0) is 18.8 Å². The first-order valence-electron chi connectivity index (χ1n) is 7.19. The predicted molar refractivity (Wildman–Crippen MR) is 65.3 cm³/mol. The van der Waals surface area contributed by atoms with Crippen LogP contribution in [0.4, 0.5) is 39.5 Å². The van der Waals surface area contributed by atoms with E-state index in [1.165, 1.54) is 6.08 Å². The number of allylic oxidation sites excluding steroid dienone is 2. The second kappa shape index (κ2) is 6.08. The Kier molecular flexibility index (Phi) is 4.84. The van der Waals surface area contributed by atoms with Crippen molar-refractivity contribution in [3.05, 3.63) is 12.2 Å². The highest BCUT2D eigenvalue weighted by atomic mass is 19.4. The molecule has 2 aliphatic carbocycles. The molecule has 3 unspecified atom stereocenters.